The molecule has 0 saturated heterocycles. The molecule has 0 aliphatic carbocycles. The first-order chi connectivity index (χ1) is 8.08. The van der Waals surface area contributed by atoms with E-state index in [1.165, 1.54) is 0 Å². The molecule has 86 valence electrons. The summed E-state index contributed by atoms with van der Waals surface area (Å²) < 4.78 is 0. The number of benzene rings is 2. The zero-order chi connectivity index (χ0) is 12.4. The maximum Gasteiger partial charge on any atom is 0.335 e. The van der Waals surface area contributed by atoms with Crippen molar-refractivity contribution in [2.24, 2.45) is 0 Å². The number of hydrogen-bond acceptors (Lipinski definition) is 1. The Labute approximate surface area is 104 Å². The summed E-state index contributed by atoms with van der Waals surface area (Å²) in [7, 11) is 0. The van der Waals surface area contributed by atoms with Gasteiger partial charge in [0.1, 0.15) is 0 Å². The minimum absolute atomic E-state index is 0.329. The fraction of sp³-hybridized carbons (Fsp3) is 0.0714. The van der Waals surface area contributed by atoms with Gasteiger partial charge in [-0.2, -0.15) is 0 Å². The van der Waals surface area contributed by atoms with E-state index < -0.39 is 5.97 Å². The van der Waals surface area contributed by atoms with Gasteiger partial charge < -0.3 is 5.11 Å². The standard InChI is InChI=1S/C14H11ClO2/c1-9-7-11(5-6-13(9)14(16)17)10-3-2-4-12(15)8-10/h2-8H,1H3,(H,16,17). The molecule has 0 unspecified atom stereocenters. The van der Waals surface area contributed by atoms with Crippen LogP contribution in [0.1, 0.15) is 15.9 Å². The highest BCUT2D eigenvalue weighted by atomic mass is 35.5. The monoisotopic (exact) mass is 246 g/mol. The molecule has 0 radical (unpaired) electrons. The van der Waals surface area contributed by atoms with Gasteiger partial charge in [-0.3, -0.25) is 0 Å². The molecule has 2 aromatic carbocycles. The van der Waals surface area contributed by atoms with Crippen LogP contribution in [0.3, 0.4) is 0 Å². The Morgan fingerprint density at radius 1 is 1.12 bits per heavy atom. The Balaban J connectivity index is 2.48. The largest absolute Gasteiger partial charge is 0.478 e. The van der Waals surface area contributed by atoms with Crippen LogP contribution in [-0.2, 0) is 0 Å². The minimum atomic E-state index is -0.903. The molecule has 2 aromatic rings. The summed E-state index contributed by atoms with van der Waals surface area (Å²) in [4.78, 5) is 10.9. The van der Waals surface area contributed by atoms with E-state index in [4.69, 9.17) is 16.7 Å². The molecule has 0 heterocycles. The maximum absolute atomic E-state index is 10.9. The number of halogens is 1. The Kier molecular flexibility index (Phi) is 3.16. The van der Waals surface area contributed by atoms with Crippen LogP contribution in [0.15, 0.2) is 42.5 Å². The van der Waals surface area contributed by atoms with Gasteiger partial charge in [0.15, 0.2) is 0 Å². The number of carboxylic acids is 1. The average molecular weight is 247 g/mol. The summed E-state index contributed by atoms with van der Waals surface area (Å²) in [6, 6.07) is 12.8. The summed E-state index contributed by atoms with van der Waals surface area (Å²) in [5, 5.41) is 9.62. The van der Waals surface area contributed by atoms with Gasteiger partial charge >= 0.3 is 5.97 Å². The van der Waals surface area contributed by atoms with Gasteiger partial charge in [-0.15, -0.1) is 0 Å². The van der Waals surface area contributed by atoms with Gasteiger partial charge in [0.05, 0.1) is 5.56 Å². The molecule has 3 heteroatoms. The summed E-state index contributed by atoms with van der Waals surface area (Å²) in [5.74, 6) is -0.903. The first kappa shape index (κ1) is 11.7. The van der Waals surface area contributed by atoms with E-state index in [1.54, 1.807) is 19.1 Å². The topological polar surface area (TPSA) is 37.3 Å². The Morgan fingerprint density at radius 2 is 1.82 bits per heavy atom. The molecule has 0 saturated carbocycles. The molecular weight excluding hydrogens is 236 g/mol. The Morgan fingerprint density at radius 3 is 2.41 bits per heavy atom. The molecule has 0 amide bonds. The predicted molar refractivity (Wildman–Crippen MR) is 68.6 cm³/mol. The fourth-order valence-electron chi connectivity index (χ4n) is 1.75. The second-order valence-electron chi connectivity index (χ2n) is 3.85. The molecule has 2 rings (SSSR count). The van der Waals surface area contributed by atoms with E-state index in [0.717, 1.165) is 16.7 Å². The molecule has 1 N–H and O–H groups in total. The third kappa shape index (κ3) is 2.48. The highest BCUT2D eigenvalue weighted by Gasteiger charge is 2.08. The lowest BCUT2D eigenvalue weighted by molar-refractivity contribution is 0.0696. The second kappa shape index (κ2) is 4.60. The molecule has 0 aromatic heterocycles. The summed E-state index contributed by atoms with van der Waals surface area (Å²) >= 11 is 5.92. The molecule has 17 heavy (non-hydrogen) atoms. The van der Waals surface area contributed by atoms with Gasteiger partial charge in [0.2, 0.25) is 0 Å². The highest BCUT2D eigenvalue weighted by molar-refractivity contribution is 6.30. The Bertz CT molecular complexity index is 576. The third-order valence-electron chi connectivity index (χ3n) is 2.61. The van der Waals surface area contributed by atoms with Crippen LogP contribution in [0, 0.1) is 6.92 Å². The van der Waals surface area contributed by atoms with Crippen molar-refractivity contribution in [1.29, 1.82) is 0 Å². The molecule has 0 atom stereocenters. The van der Waals surface area contributed by atoms with E-state index in [1.807, 2.05) is 30.3 Å². The molecule has 0 aliphatic rings. The lowest BCUT2D eigenvalue weighted by atomic mass is 10.00. The van der Waals surface area contributed by atoms with Gasteiger partial charge in [0.25, 0.3) is 0 Å². The number of carboxylic acid groups (broad SMARTS) is 1. The quantitative estimate of drug-likeness (QED) is 0.869. The second-order valence-corrected chi connectivity index (χ2v) is 4.28. The minimum Gasteiger partial charge on any atom is -0.478 e. The van der Waals surface area contributed by atoms with Crippen molar-refractivity contribution in [3.63, 3.8) is 0 Å². The van der Waals surface area contributed by atoms with Crippen LogP contribution in [0.25, 0.3) is 11.1 Å². The maximum atomic E-state index is 10.9. The van der Waals surface area contributed by atoms with Crippen LogP contribution >= 0.6 is 11.6 Å². The molecule has 0 spiro atoms. The first-order valence-electron chi connectivity index (χ1n) is 5.18. The van der Waals surface area contributed by atoms with Gasteiger partial charge in [0, 0.05) is 5.02 Å². The van der Waals surface area contributed by atoms with Gasteiger partial charge in [-0.25, -0.2) is 4.79 Å². The fourth-order valence-corrected chi connectivity index (χ4v) is 1.94. The normalized spacial score (nSPS) is 10.2. The van der Waals surface area contributed by atoms with E-state index in [9.17, 15) is 4.79 Å². The number of rotatable bonds is 2. The summed E-state index contributed by atoms with van der Waals surface area (Å²) in [6.45, 7) is 1.79. The lowest BCUT2D eigenvalue weighted by Gasteiger charge is -2.06. The molecule has 0 aliphatic heterocycles. The molecular formula is C14H11ClO2. The highest BCUT2D eigenvalue weighted by Crippen LogP contribution is 2.24. The van der Waals surface area contributed by atoms with Crippen molar-refractivity contribution < 1.29 is 9.90 Å². The zero-order valence-electron chi connectivity index (χ0n) is 9.27. The first-order valence-corrected chi connectivity index (χ1v) is 5.55. The number of aromatic carboxylic acids is 1. The SMILES string of the molecule is Cc1cc(-c2cccc(Cl)c2)ccc1C(=O)O. The van der Waals surface area contributed by atoms with E-state index in [2.05, 4.69) is 0 Å². The van der Waals surface area contributed by atoms with Crippen molar-refractivity contribution in [2.45, 2.75) is 6.92 Å². The van der Waals surface area contributed by atoms with Gasteiger partial charge in [-0.1, -0.05) is 35.9 Å². The van der Waals surface area contributed by atoms with Crippen LogP contribution in [-0.4, -0.2) is 11.1 Å². The summed E-state index contributed by atoms with van der Waals surface area (Å²) in [6.07, 6.45) is 0. The van der Waals surface area contributed by atoms with E-state index >= 15 is 0 Å². The third-order valence-corrected chi connectivity index (χ3v) is 2.85. The van der Waals surface area contributed by atoms with Crippen molar-refractivity contribution in [3.8, 4) is 11.1 Å². The van der Waals surface area contributed by atoms with Crippen LogP contribution < -0.4 is 0 Å². The molecule has 0 bridgehead atoms. The number of hydrogen-bond donors (Lipinski definition) is 1. The van der Waals surface area contributed by atoms with Crippen molar-refractivity contribution in [1.82, 2.24) is 0 Å². The van der Waals surface area contributed by atoms with Crippen LogP contribution in [0.2, 0.25) is 5.02 Å². The van der Waals surface area contributed by atoms with E-state index in [0.29, 0.717) is 10.6 Å². The van der Waals surface area contributed by atoms with Gasteiger partial charge in [-0.05, 0) is 41.8 Å². The summed E-state index contributed by atoms with van der Waals surface area (Å²) in [5.41, 5.74) is 3.03. The van der Waals surface area contributed by atoms with Crippen molar-refractivity contribution >= 4 is 17.6 Å². The number of carbonyl (C=O) groups is 1. The van der Waals surface area contributed by atoms with Crippen molar-refractivity contribution in [2.75, 3.05) is 0 Å². The van der Waals surface area contributed by atoms with Crippen LogP contribution in [0.4, 0.5) is 0 Å². The zero-order valence-corrected chi connectivity index (χ0v) is 10.0. The average Bonchev–Trinajstić information content (AvgIpc) is 2.28. The number of aryl methyl sites for hydroxylation is 1. The molecule has 0 fully saturated rings. The smallest absolute Gasteiger partial charge is 0.335 e. The molecule has 2 nitrogen and oxygen atoms in total. The van der Waals surface area contributed by atoms with Crippen molar-refractivity contribution in [3.05, 3.63) is 58.6 Å². The van der Waals surface area contributed by atoms with Crippen LogP contribution in [0.5, 0.6) is 0 Å². The van der Waals surface area contributed by atoms with E-state index in [-0.39, 0.29) is 0 Å². The Hall–Kier alpha value is -1.80. The lowest BCUT2D eigenvalue weighted by Crippen LogP contribution is -1.99. The predicted octanol–water partition coefficient (Wildman–Crippen LogP) is 4.01.